The van der Waals surface area contributed by atoms with E-state index in [4.69, 9.17) is 5.26 Å². The van der Waals surface area contributed by atoms with Crippen molar-refractivity contribution >= 4 is 17.5 Å². The monoisotopic (exact) mass is 337 g/mol. The smallest absolute Gasteiger partial charge is 0.293 e. The van der Waals surface area contributed by atoms with Gasteiger partial charge < -0.3 is 4.90 Å². The number of hydrogen-bond donors (Lipinski definition) is 0. The topological polar surface area (TPSA) is 70.2 Å². The van der Waals surface area contributed by atoms with E-state index < -0.39 is 4.92 Å². The number of anilines is 1. The molecule has 2 aromatic carbocycles. The number of piperidine rings is 1. The lowest BCUT2D eigenvalue weighted by Crippen LogP contribution is -2.31. The molecule has 25 heavy (non-hydrogen) atoms. The van der Waals surface area contributed by atoms with Gasteiger partial charge in [0.2, 0.25) is 0 Å². The Morgan fingerprint density at radius 1 is 1.20 bits per heavy atom. The maximum Gasteiger partial charge on any atom is 0.293 e. The van der Waals surface area contributed by atoms with Crippen LogP contribution in [-0.4, -0.2) is 18.0 Å². The predicted octanol–water partition coefficient (Wildman–Crippen LogP) is 4.29. The molecular formula is C19H16FN3O2. The largest absolute Gasteiger partial charge is 0.365 e. The molecule has 0 N–H and O–H groups in total. The van der Waals surface area contributed by atoms with Crippen LogP contribution < -0.4 is 4.90 Å². The molecule has 0 saturated carbocycles. The highest BCUT2D eigenvalue weighted by molar-refractivity contribution is 5.66. The molecular weight excluding hydrogens is 321 g/mol. The maximum absolute atomic E-state index is 13.3. The van der Waals surface area contributed by atoms with Crippen LogP contribution in [0, 0.1) is 27.3 Å². The van der Waals surface area contributed by atoms with E-state index in [1.807, 2.05) is 23.1 Å². The Hall–Kier alpha value is -3.20. The van der Waals surface area contributed by atoms with E-state index in [0.717, 1.165) is 18.4 Å². The number of nitro benzene ring substituents is 1. The maximum atomic E-state index is 13.3. The minimum Gasteiger partial charge on any atom is -0.365 e. The molecule has 0 radical (unpaired) electrons. The van der Waals surface area contributed by atoms with Crippen LogP contribution in [0.2, 0.25) is 0 Å². The van der Waals surface area contributed by atoms with Crippen LogP contribution in [0.15, 0.2) is 48.0 Å². The summed E-state index contributed by atoms with van der Waals surface area (Å²) in [6, 6.07) is 12.9. The third kappa shape index (κ3) is 3.83. The summed E-state index contributed by atoms with van der Waals surface area (Å²) in [5, 5.41) is 20.2. The van der Waals surface area contributed by atoms with Gasteiger partial charge in [0, 0.05) is 19.2 Å². The molecule has 5 nitrogen and oxygen atoms in total. The average Bonchev–Trinajstić information content (AvgIpc) is 2.62. The molecule has 1 saturated heterocycles. The molecule has 1 aliphatic rings. The second-order valence-corrected chi connectivity index (χ2v) is 5.92. The summed E-state index contributed by atoms with van der Waals surface area (Å²) in [6.45, 7) is 1.29. The zero-order valence-corrected chi connectivity index (χ0v) is 13.5. The quantitative estimate of drug-likeness (QED) is 0.619. The summed E-state index contributed by atoms with van der Waals surface area (Å²) in [5.41, 5.74) is 2.79. The fourth-order valence-electron chi connectivity index (χ4n) is 3.02. The standard InChI is InChI=1S/C19H16FN3O2/c20-17-3-1-2-15(11-17)10-14-6-8-22(9-7-14)18-5-4-16(13-21)12-19(18)23(24)25/h1-5,10-12H,6-9H2. The Bertz CT molecular complexity index is 876. The van der Waals surface area contributed by atoms with E-state index in [2.05, 4.69) is 0 Å². The van der Waals surface area contributed by atoms with Crippen LogP contribution in [0.25, 0.3) is 6.08 Å². The Kier molecular flexibility index (Phi) is 4.75. The van der Waals surface area contributed by atoms with Gasteiger partial charge in [-0.1, -0.05) is 23.8 Å². The van der Waals surface area contributed by atoms with Crippen molar-refractivity contribution in [1.29, 1.82) is 5.26 Å². The lowest BCUT2D eigenvalue weighted by molar-refractivity contribution is -0.384. The van der Waals surface area contributed by atoms with Gasteiger partial charge in [-0.05, 0) is 42.7 Å². The summed E-state index contributed by atoms with van der Waals surface area (Å²) in [6.07, 6.45) is 3.49. The summed E-state index contributed by atoms with van der Waals surface area (Å²) in [5.74, 6) is -0.264. The highest BCUT2D eigenvalue weighted by atomic mass is 19.1. The number of benzene rings is 2. The SMILES string of the molecule is N#Cc1ccc(N2CCC(=Cc3cccc(F)c3)CC2)c([N+](=O)[O-])c1. The van der Waals surface area contributed by atoms with Gasteiger partial charge in [0.05, 0.1) is 16.6 Å². The van der Waals surface area contributed by atoms with Gasteiger partial charge in [-0.2, -0.15) is 5.26 Å². The average molecular weight is 337 g/mol. The second-order valence-electron chi connectivity index (χ2n) is 5.92. The molecule has 0 spiro atoms. The molecule has 0 unspecified atom stereocenters. The molecule has 126 valence electrons. The zero-order valence-electron chi connectivity index (χ0n) is 13.5. The first-order chi connectivity index (χ1) is 12.1. The minimum absolute atomic E-state index is 0.0448. The fraction of sp³-hybridized carbons (Fsp3) is 0.211. The number of rotatable bonds is 3. The number of nitrogens with zero attached hydrogens (tertiary/aromatic N) is 3. The number of nitriles is 1. The highest BCUT2D eigenvalue weighted by Gasteiger charge is 2.23. The van der Waals surface area contributed by atoms with E-state index in [1.54, 1.807) is 18.2 Å². The van der Waals surface area contributed by atoms with Crippen molar-refractivity contribution in [2.45, 2.75) is 12.8 Å². The molecule has 1 fully saturated rings. The van der Waals surface area contributed by atoms with E-state index in [1.165, 1.54) is 23.8 Å². The van der Waals surface area contributed by atoms with E-state index in [9.17, 15) is 14.5 Å². The van der Waals surface area contributed by atoms with Crippen molar-refractivity contribution in [2.24, 2.45) is 0 Å². The summed E-state index contributed by atoms with van der Waals surface area (Å²) < 4.78 is 13.3. The first kappa shape index (κ1) is 16.7. The lowest BCUT2D eigenvalue weighted by atomic mass is 10.00. The molecule has 2 aromatic rings. The van der Waals surface area contributed by atoms with E-state index >= 15 is 0 Å². The summed E-state index contributed by atoms with van der Waals surface area (Å²) in [4.78, 5) is 12.8. The Morgan fingerprint density at radius 3 is 2.60 bits per heavy atom. The van der Waals surface area contributed by atoms with Crippen LogP contribution in [0.5, 0.6) is 0 Å². The van der Waals surface area contributed by atoms with Crippen molar-refractivity contribution in [2.75, 3.05) is 18.0 Å². The Balaban J connectivity index is 1.77. The van der Waals surface area contributed by atoms with Crippen LogP contribution in [0.3, 0.4) is 0 Å². The normalized spacial score (nSPS) is 14.1. The molecule has 0 aromatic heterocycles. The molecule has 0 amide bonds. The van der Waals surface area contributed by atoms with Crippen LogP contribution in [0.1, 0.15) is 24.0 Å². The van der Waals surface area contributed by atoms with Crippen LogP contribution >= 0.6 is 0 Å². The summed E-state index contributed by atoms with van der Waals surface area (Å²) >= 11 is 0. The molecule has 0 aliphatic carbocycles. The summed E-state index contributed by atoms with van der Waals surface area (Å²) in [7, 11) is 0. The number of nitro groups is 1. The van der Waals surface area contributed by atoms with Crippen molar-refractivity contribution < 1.29 is 9.31 Å². The minimum atomic E-state index is -0.450. The third-order valence-electron chi connectivity index (χ3n) is 4.27. The van der Waals surface area contributed by atoms with Crippen molar-refractivity contribution in [1.82, 2.24) is 0 Å². The Morgan fingerprint density at radius 2 is 1.96 bits per heavy atom. The van der Waals surface area contributed by atoms with Crippen LogP contribution in [0.4, 0.5) is 15.8 Å². The van der Waals surface area contributed by atoms with Gasteiger partial charge in [0.15, 0.2) is 0 Å². The second kappa shape index (κ2) is 7.14. The lowest BCUT2D eigenvalue weighted by Gasteiger charge is -2.30. The molecule has 3 rings (SSSR count). The van der Waals surface area contributed by atoms with Crippen molar-refractivity contribution in [3.05, 3.63) is 75.1 Å². The van der Waals surface area contributed by atoms with E-state index in [-0.39, 0.29) is 17.1 Å². The van der Waals surface area contributed by atoms with Gasteiger partial charge in [0.25, 0.3) is 5.69 Å². The predicted molar refractivity (Wildman–Crippen MR) is 93.6 cm³/mol. The van der Waals surface area contributed by atoms with Gasteiger partial charge in [-0.3, -0.25) is 10.1 Å². The Labute approximate surface area is 144 Å². The van der Waals surface area contributed by atoms with Gasteiger partial charge >= 0.3 is 0 Å². The molecule has 1 heterocycles. The van der Waals surface area contributed by atoms with Crippen LogP contribution in [-0.2, 0) is 0 Å². The fourth-order valence-corrected chi connectivity index (χ4v) is 3.02. The van der Waals surface area contributed by atoms with Gasteiger partial charge in [0.1, 0.15) is 11.5 Å². The molecule has 0 bridgehead atoms. The van der Waals surface area contributed by atoms with Gasteiger partial charge in [-0.15, -0.1) is 0 Å². The first-order valence-electron chi connectivity index (χ1n) is 7.95. The molecule has 0 atom stereocenters. The first-order valence-corrected chi connectivity index (χ1v) is 7.95. The molecule has 1 aliphatic heterocycles. The van der Waals surface area contributed by atoms with Crippen molar-refractivity contribution in [3.63, 3.8) is 0 Å². The van der Waals surface area contributed by atoms with Gasteiger partial charge in [-0.25, -0.2) is 4.39 Å². The number of hydrogen-bond acceptors (Lipinski definition) is 4. The highest BCUT2D eigenvalue weighted by Crippen LogP contribution is 2.32. The van der Waals surface area contributed by atoms with E-state index in [0.29, 0.717) is 18.8 Å². The zero-order chi connectivity index (χ0) is 17.8. The third-order valence-corrected chi connectivity index (χ3v) is 4.27. The van der Waals surface area contributed by atoms with Crippen molar-refractivity contribution in [3.8, 4) is 6.07 Å². The number of halogens is 1. The molecule has 6 heteroatoms.